The Labute approximate surface area is 153 Å². The van der Waals surface area contributed by atoms with Gasteiger partial charge in [0.15, 0.2) is 5.82 Å². The Hall–Kier alpha value is -2.73. The van der Waals surface area contributed by atoms with Gasteiger partial charge in [0.1, 0.15) is 12.4 Å². The van der Waals surface area contributed by atoms with Crippen LogP contribution in [0.1, 0.15) is 48.8 Å². The van der Waals surface area contributed by atoms with E-state index in [-0.39, 0.29) is 6.04 Å². The number of tetrazole rings is 1. The first-order chi connectivity index (χ1) is 12.8. The monoisotopic (exact) mass is 349 g/mol. The number of hydrogen-bond donors (Lipinski definition) is 1. The van der Waals surface area contributed by atoms with Gasteiger partial charge >= 0.3 is 0 Å². The summed E-state index contributed by atoms with van der Waals surface area (Å²) in [5.41, 5.74) is 2.37. The van der Waals surface area contributed by atoms with Gasteiger partial charge in [-0.1, -0.05) is 42.5 Å². The zero-order valence-corrected chi connectivity index (χ0v) is 14.9. The molecule has 1 fully saturated rings. The Morgan fingerprint density at radius 2 is 1.85 bits per heavy atom. The van der Waals surface area contributed by atoms with Crippen molar-refractivity contribution in [3.8, 4) is 5.75 Å². The van der Waals surface area contributed by atoms with E-state index in [9.17, 15) is 0 Å². The van der Waals surface area contributed by atoms with Crippen molar-refractivity contribution in [1.82, 2.24) is 25.5 Å². The molecule has 0 bridgehead atoms. The Morgan fingerprint density at radius 3 is 2.58 bits per heavy atom. The van der Waals surface area contributed by atoms with E-state index in [1.54, 1.807) is 0 Å². The van der Waals surface area contributed by atoms with E-state index >= 15 is 0 Å². The molecule has 2 aromatic carbocycles. The van der Waals surface area contributed by atoms with Gasteiger partial charge in [-0.15, -0.1) is 5.10 Å². The molecule has 1 aromatic heterocycles. The molecular weight excluding hydrogens is 326 g/mol. The van der Waals surface area contributed by atoms with Crippen molar-refractivity contribution in [3.05, 3.63) is 71.5 Å². The fourth-order valence-electron chi connectivity index (χ4n) is 2.87. The fraction of sp³-hybridized carbons (Fsp3) is 0.350. The average Bonchev–Trinajstić information content (AvgIpc) is 3.42. The van der Waals surface area contributed by atoms with Crippen LogP contribution in [0.15, 0.2) is 54.6 Å². The molecule has 1 atom stereocenters. The first kappa shape index (κ1) is 16.7. The maximum atomic E-state index is 5.83. The van der Waals surface area contributed by atoms with Crippen LogP contribution < -0.4 is 10.1 Å². The maximum absolute atomic E-state index is 5.83. The van der Waals surface area contributed by atoms with Gasteiger partial charge in [-0.25, -0.2) is 4.68 Å². The Kier molecular flexibility index (Phi) is 4.93. The van der Waals surface area contributed by atoms with Gasteiger partial charge in [-0.05, 0) is 53.5 Å². The Balaban J connectivity index is 1.29. The van der Waals surface area contributed by atoms with E-state index in [4.69, 9.17) is 4.74 Å². The van der Waals surface area contributed by atoms with Crippen molar-refractivity contribution in [2.75, 3.05) is 0 Å². The topological polar surface area (TPSA) is 64.9 Å². The molecule has 1 N–H and O–H groups in total. The van der Waals surface area contributed by atoms with E-state index < -0.39 is 0 Å². The van der Waals surface area contributed by atoms with Crippen LogP contribution >= 0.6 is 0 Å². The third-order valence-electron chi connectivity index (χ3n) is 4.58. The number of nitrogens with one attached hydrogen (secondary N) is 1. The summed E-state index contributed by atoms with van der Waals surface area (Å²) in [6.07, 6.45) is 2.35. The molecule has 0 spiro atoms. The van der Waals surface area contributed by atoms with Gasteiger partial charge in [-0.2, -0.15) is 0 Å². The standard InChI is InChI=1S/C20H23N5O/c1-15(20-22-23-24-25(20)18-9-10-18)21-13-16-7-11-19(12-8-16)26-14-17-5-3-2-4-6-17/h2-8,11-12,15,18,21H,9-10,13-14H2,1H3. The summed E-state index contributed by atoms with van der Waals surface area (Å²) < 4.78 is 7.79. The van der Waals surface area contributed by atoms with E-state index in [0.717, 1.165) is 18.1 Å². The third kappa shape index (κ3) is 4.08. The minimum absolute atomic E-state index is 0.111. The van der Waals surface area contributed by atoms with Crippen LogP contribution in [0.25, 0.3) is 0 Å². The van der Waals surface area contributed by atoms with Crippen LogP contribution in [0.5, 0.6) is 5.75 Å². The predicted molar refractivity (Wildman–Crippen MR) is 98.6 cm³/mol. The molecule has 0 aliphatic heterocycles. The number of ether oxygens (including phenoxy) is 1. The molecule has 1 unspecified atom stereocenters. The van der Waals surface area contributed by atoms with Gasteiger partial charge in [0, 0.05) is 6.54 Å². The third-order valence-corrected chi connectivity index (χ3v) is 4.58. The summed E-state index contributed by atoms with van der Waals surface area (Å²) in [4.78, 5) is 0. The summed E-state index contributed by atoms with van der Waals surface area (Å²) in [5.74, 6) is 1.79. The van der Waals surface area contributed by atoms with Crippen LogP contribution in [-0.2, 0) is 13.2 Å². The van der Waals surface area contributed by atoms with Crippen LogP contribution in [0.2, 0.25) is 0 Å². The van der Waals surface area contributed by atoms with Crippen LogP contribution in [-0.4, -0.2) is 20.2 Å². The number of benzene rings is 2. The van der Waals surface area contributed by atoms with Crippen molar-refractivity contribution < 1.29 is 4.74 Å². The van der Waals surface area contributed by atoms with Crippen LogP contribution in [0.3, 0.4) is 0 Å². The lowest BCUT2D eigenvalue weighted by Crippen LogP contribution is -2.22. The number of rotatable bonds is 8. The predicted octanol–water partition coefficient (Wildman–Crippen LogP) is 3.44. The smallest absolute Gasteiger partial charge is 0.168 e. The van der Waals surface area contributed by atoms with Crippen LogP contribution in [0, 0.1) is 0 Å². The SMILES string of the molecule is CC(NCc1ccc(OCc2ccccc2)cc1)c1nnnn1C1CC1. The highest BCUT2D eigenvalue weighted by molar-refractivity contribution is 5.27. The molecule has 6 nitrogen and oxygen atoms in total. The summed E-state index contributed by atoms with van der Waals surface area (Å²) >= 11 is 0. The largest absolute Gasteiger partial charge is 0.489 e. The van der Waals surface area contributed by atoms with Gasteiger partial charge in [0.2, 0.25) is 0 Å². The fourth-order valence-corrected chi connectivity index (χ4v) is 2.87. The van der Waals surface area contributed by atoms with Crippen molar-refractivity contribution in [2.24, 2.45) is 0 Å². The molecule has 1 heterocycles. The lowest BCUT2D eigenvalue weighted by atomic mass is 10.2. The Morgan fingerprint density at radius 1 is 1.08 bits per heavy atom. The van der Waals surface area contributed by atoms with E-state index in [0.29, 0.717) is 12.6 Å². The van der Waals surface area contributed by atoms with Gasteiger partial charge in [0.05, 0.1) is 12.1 Å². The summed E-state index contributed by atoms with van der Waals surface area (Å²) in [6, 6.07) is 19.0. The lowest BCUT2D eigenvalue weighted by Gasteiger charge is -2.14. The van der Waals surface area contributed by atoms with E-state index in [1.807, 2.05) is 35.0 Å². The van der Waals surface area contributed by atoms with E-state index in [1.165, 1.54) is 24.0 Å². The number of hydrogen-bond acceptors (Lipinski definition) is 5. The van der Waals surface area contributed by atoms with Crippen LogP contribution in [0.4, 0.5) is 0 Å². The van der Waals surface area contributed by atoms with Crippen molar-refractivity contribution in [1.29, 1.82) is 0 Å². The molecule has 1 aliphatic carbocycles. The lowest BCUT2D eigenvalue weighted by molar-refractivity contribution is 0.306. The maximum Gasteiger partial charge on any atom is 0.168 e. The molecule has 0 radical (unpaired) electrons. The quantitative estimate of drug-likeness (QED) is 0.675. The average molecular weight is 349 g/mol. The molecule has 26 heavy (non-hydrogen) atoms. The molecule has 1 saturated carbocycles. The summed E-state index contributed by atoms with van der Waals surface area (Å²) in [7, 11) is 0. The Bertz CT molecular complexity index is 827. The number of aromatic nitrogens is 4. The van der Waals surface area contributed by atoms with Crippen molar-refractivity contribution >= 4 is 0 Å². The first-order valence-electron chi connectivity index (χ1n) is 9.06. The minimum atomic E-state index is 0.111. The first-order valence-corrected chi connectivity index (χ1v) is 9.06. The molecule has 0 amide bonds. The normalized spacial score (nSPS) is 15.0. The zero-order valence-electron chi connectivity index (χ0n) is 14.9. The van der Waals surface area contributed by atoms with Crippen molar-refractivity contribution in [2.45, 2.75) is 45.0 Å². The highest BCUT2D eigenvalue weighted by atomic mass is 16.5. The zero-order chi connectivity index (χ0) is 17.8. The van der Waals surface area contributed by atoms with E-state index in [2.05, 4.69) is 52.0 Å². The molecule has 1 aliphatic rings. The van der Waals surface area contributed by atoms with Gasteiger partial charge < -0.3 is 10.1 Å². The highest BCUT2D eigenvalue weighted by Gasteiger charge is 2.29. The summed E-state index contributed by atoms with van der Waals surface area (Å²) in [6.45, 7) is 3.44. The molecule has 134 valence electrons. The molecule has 3 aromatic rings. The van der Waals surface area contributed by atoms with Crippen molar-refractivity contribution in [3.63, 3.8) is 0 Å². The molecular formula is C20H23N5O. The summed E-state index contributed by atoms with van der Waals surface area (Å²) in [5, 5.41) is 15.6. The molecule has 6 heteroatoms. The van der Waals surface area contributed by atoms with Gasteiger partial charge in [0.25, 0.3) is 0 Å². The second kappa shape index (κ2) is 7.66. The second-order valence-corrected chi connectivity index (χ2v) is 6.73. The minimum Gasteiger partial charge on any atom is -0.489 e. The molecule has 0 saturated heterocycles. The number of nitrogens with zero attached hydrogens (tertiary/aromatic N) is 4. The second-order valence-electron chi connectivity index (χ2n) is 6.73. The molecule has 4 rings (SSSR count). The highest BCUT2D eigenvalue weighted by Crippen LogP contribution is 2.35. The van der Waals surface area contributed by atoms with Gasteiger partial charge in [-0.3, -0.25) is 0 Å².